The summed E-state index contributed by atoms with van der Waals surface area (Å²) in [6.07, 6.45) is 1.92. The third kappa shape index (κ3) is 3.33. The summed E-state index contributed by atoms with van der Waals surface area (Å²) in [7, 11) is 0. The first-order valence-electron chi connectivity index (χ1n) is 6.25. The van der Waals surface area contributed by atoms with E-state index in [0.29, 0.717) is 5.69 Å². The summed E-state index contributed by atoms with van der Waals surface area (Å²) in [5.41, 5.74) is 1.13. The number of hydrogen-bond acceptors (Lipinski definition) is 5. The molecule has 1 heterocycles. The number of hydrogen-bond donors (Lipinski definition) is 2. The molecule has 0 saturated carbocycles. The van der Waals surface area contributed by atoms with Crippen molar-refractivity contribution in [3.63, 3.8) is 0 Å². The van der Waals surface area contributed by atoms with Crippen molar-refractivity contribution in [3.8, 4) is 0 Å². The predicted molar refractivity (Wildman–Crippen MR) is 77.0 cm³/mol. The zero-order valence-electron chi connectivity index (χ0n) is 11.2. The van der Waals surface area contributed by atoms with Crippen molar-refractivity contribution in [2.45, 2.75) is 13.3 Å². The summed E-state index contributed by atoms with van der Waals surface area (Å²) in [5.74, 6) is -1.25. The number of benzene rings is 1. The van der Waals surface area contributed by atoms with Crippen LogP contribution in [-0.2, 0) is 6.42 Å². The SMILES string of the molecule is CCc1cccc(Nc2ncc(C(=O)O)cc2[N+](=O)[O-])c1. The molecule has 1 aromatic carbocycles. The number of aromatic carboxylic acids is 1. The van der Waals surface area contributed by atoms with Crippen LogP contribution in [0.5, 0.6) is 0 Å². The minimum absolute atomic E-state index is 0.0123. The molecule has 0 aliphatic rings. The summed E-state index contributed by atoms with van der Waals surface area (Å²) < 4.78 is 0. The fourth-order valence-electron chi connectivity index (χ4n) is 1.81. The maximum atomic E-state index is 11.0. The lowest BCUT2D eigenvalue weighted by molar-refractivity contribution is -0.384. The highest BCUT2D eigenvalue weighted by Gasteiger charge is 2.19. The van der Waals surface area contributed by atoms with Gasteiger partial charge < -0.3 is 10.4 Å². The molecule has 108 valence electrons. The number of rotatable bonds is 5. The molecule has 0 amide bonds. The van der Waals surface area contributed by atoms with Crippen molar-refractivity contribution in [2.24, 2.45) is 0 Å². The number of anilines is 2. The van der Waals surface area contributed by atoms with Gasteiger partial charge in [0.15, 0.2) is 0 Å². The summed E-state index contributed by atoms with van der Waals surface area (Å²) in [6.45, 7) is 2.00. The monoisotopic (exact) mass is 287 g/mol. The Kier molecular flexibility index (Phi) is 4.13. The highest BCUT2D eigenvalue weighted by atomic mass is 16.6. The average molecular weight is 287 g/mol. The van der Waals surface area contributed by atoms with Crippen LogP contribution < -0.4 is 5.32 Å². The van der Waals surface area contributed by atoms with E-state index in [0.717, 1.165) is 24.2 Å². The fraction of sp³-hybridized carbons (Fsp3) is 0.143. The molecular weight excluding hydrogens is 274 g/mol. The highest BCUT2D eigenvalue weighted by Crippen LogP contribution is 2.26. The number of carboxylic acids is 1. The lowest BCUT2D eigenvalue weighted by atomic mass is 10.1. The smallest absolute Gasteiger partial charge is 0.337 e. The number of nitrogens with one attached hydrogen (secondary N) is 1. The molecule has 7 heteroatoms. The molecule has 21 heavy (non-hydrogen) atoms. The molecule has 0 unspecified atom stereocenters. The number of pyridine rings is 1. The molecule has 0 aliphatic carbocycles. The van der Waals surface area contributed by atoms with Crippen LogP contribution in [0.15, 0.2) is 36.5 Å². The number of nitrogens with zero attached hydrogens (tertiary/aromatic N) is 2. The van der Waals surface area contributed by atoms with Gasteiger partial charge in [-0.3, -0.25) is 10.1 Å². The van der Waals surface area contributed by atoms with Crippen molar-refractivity contribution in [1.29, 1.82) is 0 Å². The Morgan fingerprint density at radius 3 is 2.81 bits per heavy atom. The third-order valence-corrected chi connectivity index (χ3v) is 2.91. The van der Waals surface area contributed by atoms with E-state index >= 15 is 0 Å². The molecule has 0 atom stereocenters. The number of nitro groups is 1. The predicted octanol–water partition coefficient (Wildman–Crippen LogP) is 2.99. The van der Waals surface area contributed by atoms with Crippen molar-refractivity contribution in [2.75, 3.05) is 5.32 Å². The van der Waals surface area contributed by atoms with Gasteiger partial charge in [0.2, 0.25) is 5.82 Å². The van der Waals surface area contributed by atoms with Gasteiger partial charge in [-0.15, -0.1) is 0 Å². The third-order valence-electron chi connectivity index (χ3n) is 2.91. The summed E-state index contributed by atoms with van der Waals surface area (Å²) in [5, 5.41) is 22.7. The summed E-state index contributed by atoms with van der Waals surface area (Å²) in [6, 6.07) is 8.38. The largest absolute Gasteiger partial charge is 0.478 e. The van der Waals surface area contributed by atoms with Crippen molar-refractivity contribution in [3.05, 3.63) is 57.8 Å². The van der Waals surface area contributed by atoms with Gasteiger partial charge in [0.25, 0.3) is 0 Å². The van der Waals surface area contributed by atoms with Gasteiger partial charge in [-0.05, 0) is 24.1 Å². The Morgan fingerprint density at radius 1 is 1.43 bits per heavy atom. The second kappa shape index (κ2) is 6.00. The second-order valence-corrected chi connectivity index (χ2v) is 4.33. The Hall–Kier alpha value is -2.96. The first-order valence-corrected chi connectivity index (χ1v) is 6.25. The van der Waals surface area contributed by atoms with Crippen LogP contribution in [0.25, 0.3) is 0 Å². The van der Waals surface area contributed by atoms with Crippen LogP contribution in [0.3, 0.4) is 0 Å². The van der Waals surface area contributed by atoms with Crippen LogP contribution in [0.1, 0.15) is 22.8 Å². The van der Waals surface area contributed by atoms with Crippen LogP contribution in [0, 0.1) is 10.1 Å². The number of aryl methyl sites for hydroxylation is 1. The average Bonchev–Trinajstić information content (AvgIpc) is 2.47. The van der Waals surface area contributed by atoms with Crippen LogP contribution in [0.2, 0.25) is 0 Å². The lowest BCUT2D eigenvalue weighted by Gasteiger charge is -2.08. The van der Waals surface area contributed by atoms with E-state index in [1.165, 1.54) is 0 Å². The van der Waals surface area contributed by atoms with Gasteiger partial charge in [-0.2, -0.15) is 0 Å². The first kappa shape index (κ1) is 14.4. The Bertz CT molecular complexity index is 700. The number of carbonyl (C=O) groups is 1. The Morgan fingerprint density at radius 2 is 2.19 bits per heavy atom. The highest BCUT2D eigenvalue weighted by molar-refractivity contribution is 5.89. The quantitative estimate of drug-likeness (QED) is 0.647. The van der Waals surface area contributed by atoms with E-state index < -0.39 is 10.9 Å². The summed E-state index contributed by atoms with van der Waals surface area (Å²) >= 11 is 0. The number of carboxylic acid groups (broad SMARTS) is 1. The van der Waals surface area contributed by atoms with Crippen LogP contribution >= 0.6 is 0 Å². The van der Waals surface area contributed by atoms with Crippen molar-refractivity contribution in [1.82, 2.24) is 4.98 Å². The van der Waals surface area contributed by atoms with Gasteiger partial charge in [0, 0.05) is 18.0 Å². The van der Waals surface area contributed by atoms with E-state index in [1.54, 1.807) is 6.07 Å². The van der Waals surface area contributed by atoms with Gasteiger partial charge in [-0.25, -0.2) is 9.78 Å². The minimum atomic E-state index is -1.26. The molecule has 0 radical (unpaired) electrons. The van der Waals surface area contributed by atoms with Gasteiger partial charge >= 0.3 is 11.7 Å². The standard InChI is InChI=1S/C14H13N3O4/c1-2-9-4-3-5-11(6-9)16-13-12(17(20)21)7-10(8-15-13)14(18)19/h3-8H,2H2,1H3,(H,15,16)(H,18,19). The van der Waals surface area contributed by atoms with E-state index in [-0.39, 0.29) is 17.1 Å². The second-order valence-electron chi connectivity index (χ2n) is 4.33. The fourth-order valence-corrected chi connectivity index (χ4v) is 1.81. The molecule has 0 fully saturated rings. The molecule has 2 rings (SSSR count). The minimum Gasteiger partial charge on any atom is -0.478 e. The zero-order valence-corrected chi connectivity index (χ0v) is 11.2. The Labute approximate surface area is 120 Å². The molecule has 0 bridgehead atoms. The van der Waals surface area contributed by atoms with Crippen molar-refractivity contribution < 1.29 is 14.8 Å². The van der Waals surface area contributed by atoms with Crippen LogP contribution in [0.4, 0.5) is 17.2 Å². The number of aromatic nitrogens is 1. The Balaban J connectivity index is 2.38. The molecule has 0 saturated heterocycles. The topological polar surface area (TPSA) is 105 Å². The van der Waals surface area contributed by atoms with Gasteiger partial charge in [-0.1, -0.05) is 19.1 Å². The zero-order chi connectivity index (χ0) is 15.4. The molecular formula is C14H13N3O4. The summed E-state index contributed by atoms with van der Waals surface area (Å²) in [4.78, 5) is 25.1. The van der Waals surface area contributed by atoms with Crippen molar-refractivity contribution >= 4 is 23.2 Å². The molecule has 0 aliphatic heterocycles. The maximum Gasteiger partial charge on any atom is 0.337 e. The normalized spacial score (nSPS) is 10.1. The van der Waals surface area contributed by atoms with Crippen LogP contribution in [-0.4, -0.2) is 21.0 Å². The molecule has 0 spiro atoms. The first-order chi connectivity index (χ1) is 10.0. The van der Waals surface area contributed by atoms with Gasteiger partial charge in [0.05, 0.1) is 10.5 Å². The molecule has 2 aromatic rings. The van der Waals surface area contributed by atoms with E-state index in [2.05, 4.69) is 10.3 Å². The van der Waals surface area contributed by atoms with E-state index in [9.17, 15) is 14.9 Å². The molecule has 1 aromatic heterocycles. The maximum absolute atomic E-state index is 11.0. The molecule has 7 nitrogen and oxygen atoms in total. The molecule has 2 N–H and O–H groups in total. The van der Waals surface area contributed by atoms with Gasteiger partial charge in [0.1, 0.15) is 0 Å². The van der Waals surface area contributed by atoms with E-state index in [4.69, 9.17) is 5.11 Å². The lowest BCUT2D eigenvalue weighted by Crippen LogP contribution is -2.04. The van der Waals surface area contributed by atoms with E-state index in [1.807, 2.05) is 25.1 Å².